The molecule has 1 N–H and O–H groups in total. The summed E-state index contributed by atoms with van der Waals surface area (Å²) in [6.45, 7) is 0.993. The fourth-order valence-corrected chi connectivity index (χ4v) is 3.86. The summed E-state index contributed by atoms with van der Waals surface area (Å²) in [5.41, 5.74) is 1.36. The van der Waals surface area contributed by atoms with Crippen LogP contribution in [0.2, 0.25) is 0 Å². The van der Waals surface area contributed by atoms with E-state index in [-0.39, 0.29) is 0 Å². The second-order valence-corrected chi connectivity index (χ2v) is 6.75. The third kappa shape index (κ3) is 2.31. The van der Waals surface area contributed by atoms with Gasteiger partial charge in [0.2, 0.25) is 0 Å². The molecule has 0 amide bonds. The van der Waals surface area contributed by atoms with E-state index >= 15 is 0 Å². The standard InChI is InChI=1S/C8H9Br2NS/c9-7-3-5(8(10)12-7)4-11-6-1-2-6/h3,6,11H,1-2,4H2. The summed E-state index contributed by atoms with van der Waals surface area (Å²) in [7, 11) is 0. The van der Waals surface area contributed by atoms with E-state index < -0.39 is 0 Å². The van der Waals surface area contributed by atoms with E-state index in [1.807, 2.05) is 0 Å². The van der Waals surface area contributed by atoms with Crippen LogP contribution in [0.15, 0.2) is 13.6 Å². The lowest BCUT2D eigenvalue weighted by Crippen LogP contribution is -2.14. The molecule has 1 aliphatic rings. The summed E-state index contributed by atoms with van der Waals surface area (Å²) < 4.78 is 2.43. The van der Waals surface area contributed by atoms with Gasteiger partial charge >= 0.3 is 0 Å². The summed E-state index contributed by atoms with van der Waals surface area (Å²) >= 11 is 8.74. The van der Waals surface area contributed by atoms with Gasteiger partial charge in [-0.1, -0.05) is 0 Å². The second-order valence-electron chi connectivity index (χ2n) is 3.00. The Bertz CT molecular complexity index is 281. The molecule has 1 fully saturated rings. The van der Waals surface area contributed by atoms with Gasteiger partial charge in [0.25, 0.3) is 0 Å². The maximum Gasteiger partial charge on any atom is 0.0755 e. The van der Waals surface area contributed by atoms with Crippen LogP contribution >= 0.6 is 43.2 Å². The molecule has 0 radical (unpaired) electrons. The SMILES string of the molecule is Brc1cc(CNC2CC2)c(Br)s1. The predicted molar refractivity (Wildman–Crippen MR) is 59.6 cm³/mol. The molecular formula is C8H9Br2NS. The van der Waals surface area contributed by atoms with Crippen molar-refractivity contribution in [1.29, 1.82) is 0 Å². The van der Waals surface area contributed by atoms with Gasteiger partial charge in [-0.25, -0.2) is 0 Å². The van der Waals surface area contributed by atoms with Crippen LogP contribution in [0.1, 0.15) is 18.4 Å². The first-order valence-corrected chi connectivity index (χ1v) is 6.33. The fraction of sp³-hybridized carbons (Fsp3) is 0.500. The van der Waals surface area contributed by atoms with Crippen LogP contribution in [0.5, 0.6) is 0 Å². The Balaban J connectivity index is 1.96. The highest BCUT2D eigenvalue weighted by Crippen LogP contribution is 2.32. The van der Waals surface area contributed by atoms with Crippen LogP contribution < -0.4 is 5.32 Å². The molecule has 1 aromatic heterocycles. The van der Waals surface area contributed by atoms with Gasteiger partial charge in [0.15, 0.2) is 0 Å². The van der Waals surface area contributed by atoms with E-state index in [2.05, 4.69) is 43.2 Å². The fourth-order valence-electron chi connectivity index (χ4n) is 1.04. The van der Waals surface area contributed by atoms with Crippen LogP contribution in [-0.4, -0.2) is 6.04 Å². The summed E-state index contributed by atoms with van der Waals surface area (Å²) in [5.74, 6) is 0. The number of halogens is 2. The molecule has 0 aliphatic heterocycles. The molecule has 0 unspecified atom stereocenters. The highest BCUT2D eigenvalue weighted by molar-refractivity contribution is 9.12. The van der Waals surface area contributed by atoms with Crippen molar-refractivity contribution in [2.75, 3.05) is 0 Å². The number of hydrogen-bond donors (Lipinski definition) is 1. The first-order valence-electron chi connectivity index (χ1n) is 3.93. The van der Waals surface area contributed by atoms with Crippen LogP contribution in [-0.2, 0) is 6.54 Å². The molecule has 66 valence electrons. The van der Waals surface area contributed by atoms with Gasteiger partial charge in [0, 0.05) is 12.6 Å². The Morgan fingerprint density at radius 1 is 1.50 bits per heavy atom. The Morgan fingerprint density at radius 2 is 2.25 bits per heavy atom. The van der Waals surface area contributed by atoms with E-state index in [9.17, 15) is 0 Å². The van der Waals surface area contributed by atoms with Crippen molar-refractivity contribution in [2.45, 2.75) is 25.4 Å². The first-order chi connectivity index (χ1) is 5.75. The molecule has 1 aromatic rings. The van der Waals surface area contributed by atoms with Crippen molar-refractivity contribution in [3.63, 3.8) is 0 Å². The summed E-state index contributed by atoms with van der Waals surface area (Å²) in [6.07, 6.45) is 2.70. The Morgan fingerprint density at radius 3 is 2.75 bits per heavy atom. The Labute approximate surface area is 92.8 Å². The highest BCUT2D eigenvalue weighted by Gasteiger charge is 2.20. The van der Waals surface area contributed by atoms with Gasteiger partial charge in [-0.3, -0.25) is 0 Å². The van der Waals surface area contributed by atoms with Gasteiger partial charge in [0.05, 0.1) is 7.57 Å². The van der Waals surface area contributed by atoms with Crippen LogP contribution in [0, 0.1) is 0 Å². The number of thiophene rings is 1. The van der Waals surface area contributed by atoms with E-state index in [0.717, 1.165) is 12.6 Å². The van der Waals surface area contributed by atoms with E-state index in [1.54, 1.807) is 11.3 Å². The second kappa shape index (κ2) is 3.78. The minimum absolute atomic E-state index is 0.788. The Hall–Kier alpha value is 0.620. The summed E-state index contributed by atoms with van der Waals surface area (Å²) in [5, 5.41) is 3.48. The van der Waals surface area contributed by atoms with Crippen molar-refractivity contribution in [2.24, 2.45) is 0 Å². The highest BCUT2D eigenvalue weighted by atomic mass is 79.9. The molecule has 0 atom stereocenters. The average Bonchev–Trinajstić information content (AvgIpc) is 2.76. The lowest BCUT2D eigenvalue weighted by atomic mass is 10.3. The average molecular weight is 311 g/mol. The normalized spacial score (nSPS) is 16.8. The minimum atomic E-state index is 0.788. The van der Waals surface area contributed by atoms with Gasteiger partial charge in [-0.05, 0) is 56.3 Å². The number of rotatable bonds is 3. The molecule has 1 saturated carbocycles. The molecule has 1 heterocycles. The molecule has 0 saturated heterocycles. The predicted octanol–water partition coefficient (Wildman–Crippen LogP) is 3.53. The van der Waals surface area contributed by atoms with Crippen molar-refractivity contribution >= 4 is 43.2 Å². The van der Waals surface area contributed by atoms with Gasteiger partial charge < -0.3 is 5.32 Å². The van der Waals surface area contributed by atoms with Crippen molar-refractivity contribution in [1.82, 2.24) is 5.32 Å². The van der Waals surface area contributed by atoms with E-state index in [0.29, 0.717) is 0 Å². The molecule has 0 bridgehead atoms. The van der Waals surface area contributed by atoms with Crippen molar-refractivity contribution in [3.8, 4) is 0 Å². The maximum atomic E-state index is 3.54. The topological polar surface area (TPSA) is 12.0 Å². The lowest BCUT2D eigenvalue weighted by Gasteiger charge is -1.99. The van der Waals surface area contributed by atoms with Gasteiger partial charge in [0.1, 0.15) is 0 Å². The lowest BCUT2D eigenvalue weighted by molar-refractivity contribution is 0.688. The molecule has 0 spiro atoms. The zero-order chi connectivity index (χ0) is 8.55. The van der Waals surface area contributed by atoms with Gasteiger partial charge in [-0.15, -0.1) is 11.3 Å². The Kier molecular flexibility index (Phi) is 2.89. The third-order valence-corrected chi connectivity index (χ3v) is 4.35. The molecule has 2 rings (SSSR count). The molecule has 12 heavy (non-hydrogen) atoms. The smallest absolute Gasteiger partial charge is 0.0755 e. The van der Waals surface area contributed by atoms with Crippen LogP contribution in [0.3, 0.4) is 0 Å². The maximum absolute atomic E-state index is 3.54. The zero-order valence-electron chi connectivity index (χ0n) is 6.44. The van der Waals surface area contributed by atoms with E-state index in [1.165, 1.54) is 26.0 Å². The van der Waals surface area contributed by atoms with Crippen LogP contribution in [0.25, 0.3) is 0 Å². The van der Waals surface area contributed by atoms with Crippen molar-refractivity contribution < 1.29 is 0 Å². The first kappa shape index (κ1) is 9.19. The molecule has 1 nitrogen and oxygen atoms in total. The zero-order valence-corrected chi connectivity index (χ0v) is 10.4. The van der Waals surface area contributed by atoms with Crippen molar-refractivity contribution in [3.05, 3.63) is 19.2 Å². The number of hydrogen-bond acceptors (Lipinski definition) is 2. The summed E-state index contributed by atoms with van der Waals surface area (Å²) in [6, 6.07) is 2.96. The monoisotopic (exact) mass is 309 g/mol. The molecule has 0 aromatic carbocycles. The molecular weight excluding hydrogens is 302 g/mol. The molecule has 1 aliphatic carbocycles. The quantitative estimate of drug-likeness (QED) is 0.900. The van der Waals surface area contributed by atoms with Crippen LogP contribution in [0.4, 0.5) is 0 Å². The largest absolute Gasteiger partial charge is 0.310 e. The number of nitrogens with one attached hydrogen (secondary N) is 1. The minimum Gasteiger partial charge on any atom is -0.310 e. The summed E-state index contributed by atoms with van der Waals surface area (Å²) in [4.78, 5) is 0. The molecule has 4 heteroatoms. The van der Waals surface area contributed by atoms with E-state index in [4.69, 9.17) is 0 Å². The third-order valence-electron chi connectivity index (χ3n) is 1.89. The van der Waals surface area contributed by atoms with Gasteiger partial charge in [-0.2, -0.15) is 0 Å².